The van der Waals surface area contributed by atoms with Crippen LogP contribution in [0.25, 0.3) is 0 Å². The molecule has 1 fully saturated rings. The Morgan fingerprint density at radius 1 is 1.17 bits per heavy atom. The molecule has 1 aliphatic carbocycles. The summed E-state index contributed by atoms with van der Waals surface area (Å²) in [6, 6.07) is 0. The molecule has 1 heterocycles. The fourth-order valence-corrected chi connectivity index (χ4v) is 4.15. The molecule has 12 heavy (non-hydrogen) atoms. The highest BCUT2D eigenvalue weighted by Gasteiger charge is 2.29. The lowest BCUT2D eigenvalue weighted by atomic mass is 10.2. The van der Waals surface area contributed by atoms with E-state index >= 15 is 0 Å². The zero-order valence-corrected chi connectivity index (χ0v) is 8.29. The average Bonchev–Trinajstić information content (AvgIpc) is 2.13. The van der Waals surface area contributed by atoms with E-state index in [0.717, 1.165) is 0 Å². The van der Waals surface area contributed by atoms with Crippen molar-refractivity contribution in [3.05, 3.63) is 24.3 Å². The van der Waals surface area contributed by atoms with E-state index in [1.807, 2.05) is 35.7 Å². The van der Waals surface area contributed by atoms with E-state index < -0.39 is 0 Å². The van der Waals surface area contributed by atoms with Gasteiger partial charge in [0.1, 0.15) is 0 Å². The quantitative estimate of drug-likeness (QED) is 0.594. The van der Waals surface area contributed by atoms with E-state index in [1.54, 1.807) is 12.2 Å². The van der Waals surface area contributed by atoms with Crippen molar-refractivity contribution in [2.24, 2.45) is 0 Å². The third-order valence-electron chi connectivity index (χ3n) is 1.90. The summed E-state index contributed by atoms with van der Waals surface area (Å²) in [5.41, 5.74) is 0. The van der Waals surface area contributed by atoms with Crippen molar-refractivity contribution in [1.82, 2.24) is 0 Å². The molecule has 0 bridgehead atoms. The Morgan fingerprint density at radius 3 is 2.33 bits per heavy atom. The molecule has 64 valence electrons. The first-order chi connectivity index (χ1) is 5.81. The van der Waals surface area contributed by atoms with Gasteiger partial charge in [0.2, 0.25) is 0 Å². The van der Waals surface area contributed by atoms with Gasteiger partial charge in [0.25, 0.3) is 0 Å². The molecule has 3 heteroatoms. The summed E-state index contributed by atoms with van der Waals surface area (Å²) in [7, 11) is 0. The molecule has 0 radical (unpaired) electrons. The third-order valence-corrected chi connectivity index (χ3v) is 5.04. The highest BCUT2D eigenvalue weighted by Crippen LogP contribution is 2.45. The molecule has 0 unspecified atom stereocenters. The molecule has 0 N–H and O–H groups in total. The predicted octanol–water partition coefficient (Wildman–Crippen LogP) is 2.25. The van der Waals surface area contributed by atoms with Crippen LogP contribution >= 0.6 is 23.5 Å². The number of hydrogen-bond donors (Lipinski definition) is 0. The molecule has 0 atom stereocenters. The molecule has 1 aliphatic heterocycles. The lowest BCUT2D eigenvalue weighted by molar-refractivity contribution is -0.110. The monoisotopic (exact) mass is 198 g/mol. The van der Waals surface area contributed by atoms with Crippen molar-refractivity contribution in [2.75, 3.05) is 11.5 Å². The zero-order valence-electron chi connectivity index (χ0n) is 6.66. The topological polar surface area (TPSA) is 17.1 Å². The van der Waals surface area contributed by atoms with E-state index in [1.165, 1.54) is 17.9 Å². The van der Waals surface area contributed by atoms with E-state index in [2.05, 4.69) is 0 Å². The second-order valence-electron chi connectivity index (χ2n) is 2.84. The Morgan fingerprint density at radius 2 is 1.75 bits per heavy atom. The minimum atomic E-state index is 0.0894. The van der Waals surface area contributed by atoms with Crippen LogP contribution in [0.4, 0.5) is 0 Å². The normalized spacial score (nSPS) is 26.5. The Bertz CT molecular complexity index is 231. The number of carbonyl (C=O) groups is 1. The SMILES string of the molecule is O=C1C=CC2(C=C1)SCCCS2. The van der Waals surface area contributed by atoms with E-state index in [4.69, 9.17) is 0 Å². The van der Waals surface area contributed by atoms with Gasteiger partial charge in [0.05, 0.1) is 4.08 Å². The molecule has 0 aromatic heterocycles. The van der Waals surface area contributed by atoms with Crippen molar-refractivity contribution in [1.29, 1.82) is 0 Å². The molecule has 0 saturated carbocycles. The van der Waals surface area contributed by atoms with Gasteiger partial charge in [-0.2, -0.15) is 0 Å². The van der Waals surface area contributed by atoms with Gasteiger partial charge in [0.15, 0.2) is 5.78 Å². The summed E-state index contributed by atoms with van der Waals surface area (Å²) < 4.78 is 0.0894. The van der Waals surface area contributed by atoms with Gasteiger partial charge in [-0.25, -0.2) is 0 Å². The largest absolute Gasteiger partial charge is 0.290 e. The first-order valence-electron chi connectivity index (χ1n) is 4.01. The summed E-state index contributed by atoms with van der Waals surface area (Å²) >= 11 is 3.85. The van der Waals surface area contributed by atoms with Crippen LogP contribution in [0, 0.1) is 0 Å². The van der Waals surface area contributed by atoms with Crippen LogP contribution in [0.2, 0.25) is 0 Å². The van der Waals surface area contributed by atoms with Gasteiger partial charge in [-0.15, -0.1) is 23.5 Å². The fourth-order valence-electron chi connectivity index (χ4n) is 1.26. The van der Waals surface area contributed by atoms with E-state index in [0.29, 0.717) is 0 Å². The summed E-state index contributed by atoms with van der Waals surface area (Å²) in [6.45, 7) is 0. The first kappa shape index (κ1) is 8.45. The molecule has 0 amide bonds. The lowest BCUT2D eigenvalue weighted by Crippen LogP contribution is -2.22. The van der Waals surface area contributed by atoms with Gasteiger partial charge in [0, 0.05) is 0 Å². The Balaban J connectivity index is 2.16. The van der Waals surface area contributed by atoms with Crippen molar-refractivity contribution in [3.63, 3.8) is 0 Å². The van der Waals surface area contributed by atoms with Crippen molar-refractivity contribution < 1.29 is 4.79 Å². The van der Waals surface area contributed by atoms with Gasteiger partial charge in [-0.1, -0.05) is 12.2 Å². The minimum absolute atomic E-state index is 0.0894. The maximum absolute atomic E-state index is 10.9. The van der Waals surface area contributed by atoms with Crippen LogP contribution in [0.5, 0.6) is 0 Å². The van der Waals surface area contributed by atoms with Gasteiger partial charge < -0.3 is 0 Å². The van der Waals surface area contributed by atoms with Crippen LogP contribution in [-0.2, 0) is 4.79 Å². The summed E-state index contributed by atoms with van der Waals surface area (Å²) in [4.78, 5) is 10.9. The predicted molar refractivity (Wildman–Crippen MR) is 55.6 cm³/mol. The van der Waals surface area contributed by atoms with Gasteiger partial charge >= 0.3 is 0 Å². The fraction of sp³-hybridized carbons (Fsp3) is 0.444. The highest BCUT2D eigenvalue weighted by molar-refractivity contribution is 8.19. The molecule has 0 aromatic carbocycles. The molecule has 0 aromatic rings. The molecule has 1 nitrogen and oxygen atoms in total. The molecule has 1 spiro atoms. The maximum Gasteiger partial charge on any atom is 0.178 e. The lowest BCUT2D eigenvalue weighted by Gasteiger charge is -2.31. The number of ketones is 1. The van der Waals surface area contributed by atoms with E-state index in [-0.39, 0.29) is 9.86 Å². The van der Waals surface area contributed by atoms with Crippen LogP contribution in [0.15, 0.2) is 24.3 Å². The standard InChI is InChI=1S/C9H10OS2/c10-8-2-4-9(5-3-8)11-6-1-7-12-9/h2-5H,1,6-7H2. The zero-order chi connectivity index (χ0) is 8.44. The first-order valence-corrected chi connectivity index (χ1v) is 5.98. The van der Waals surface area contributed by atoms with Gasteiger partial charge in [-0.3, -0.25) is 4.79 Å². The van der Waals surface area contributed by atoms with Crippen molar-refractivity contribution in [2.45, 2.75) is 10.5 Å². The molecule has 1 saturated heterocycles. The number of carbonyl (C=O) groups excluding carboxylic acids is 1. The highest BCUT2D eigenvalue weighted by atomic mass is 32.2. The van der Waals surface area contributed by atoms with Crippen molar-refractivity contribution in [3.8, 4) is 0 Å². The molecule has 2 rings (SSSR count). The van der Waals surface area contributed by atoms with Crippen LogP contribution < -0.4 is 0 Å². The Hall–Kier alpha value is -0.150. The second kappa shape index (κ2) is 3.30. The third kappa shape index (κ3) is 1.62. The maximum atomic E-state index is 10.9. The van der Waals surface area contributed by atoms with Gasteiger partial charge in [-0.05, 0) is 30.1 Å². The van der Waals surface area contributed by atoms with E-state index in [9.17, 15) is 4.79 Å². The number of rotatable bonds is 0. The summed E-state index contributed by atoms with van der Waals surface area (Å²) in [5, 5.41) is 0. The number of allylic oxidation sites excluding steroid dienone is 2. The molecular formula is C9H10OS2. The number of hydrogen-bond acceptors (Lipinski definition) is 3. The summed E-state index contributed by atoms with van der Waals surface area (Å²) in [5.74, 6) is 2.53. The Kier molecular flexibility index (Phi) is 2.33. The van der Waals surface area contributed by atoms with Crippen LogP contribution in [0.3, 0.4) is 0 Å². The summed E-state index contributed by atoms with van der Waals surface area (Å²) in [6.07, 6.45) is 8.72. The molecule has 2 aliphatic rings. The Labute approximate surface area is 80.7 Å². The molecular weight excluding hydrogens is 188 g/mol. The van der Waals surface area contributed by atoms with Crippen LogP contribution in [-0.4, -0.2) is 21.4 Å². The van der Waals surface area contributed by atoms with Crippen molar-refractivity contribution >= 4 is 29.3 Å². The van der Waals surface area contributed by atoms with Crippen LogP contribution in [0.1, 0.15) is 6.42 Å². The number of thioether (sulfide) groups is 2. The smallest absolute Gasteiger partial charge is 0.178 e. The second-order valence-corrected chi connectivity index (χ2v) is 5.84. The average molecular weight is 198 g/mol. The minimum Gasteiger partial charge on any atom is -0.290 e.